The highest BCUT2D eigenvalue weighted by Gasteiger charge is 2.15. The molecule has 0 saturated carbocycles. The topological polar surface area (TPSA) is 54.0 Å². The third-order valence-electron chi connectivity index (χ3n) is 4.51. The van der Waals surface area contributed by atoms with Crippen LogP contribution in [-0.2, 0) is 11.3 Å². The van der Waals surface area contributed by atoms with Gasteiger partial charge in [0.1, 0.15) is 13.2 Å². The summed E-state index contributed by atoms with van der Waals surface area (Å²) >= 11 is 0. The molecule has 27 heavy (non-hydrogen) atoms. The quantitative estimate of drug-likeness (QED) is 0.813. The number of hydrogen-bond acceptors (Lipinski definition) is 5. The van der Waals surface area contributed by atoms with E-state index < -0.39 is 0 Å². The zero-order valence-electron chi connectivity index (χ0n) is 16.2. The Balaban J connectivity index is 1.62. The van der Waals surface area contributed by atoms with Gasteiger partial charge in [-0.25, -0.2) is 0 Å². The Morgan fingerprint density at radius 2 is 1.81 bits per heavy atom. The maximum atomic E-state index is 12.5. The molecule has 0 radical (unpaired) electrons. The van der Waals surface area contributed by atoms with E-state index >= 15 is 0 Å². The molecule has 0 bridgehead atoms. The van der Waals surface area contributed by atoms with Crippen LogP contribution in [0.15, 0.2) is 42.5 Å². The van der Waals surface area contributed by atoms with E-state index in [-0.39, 0.29) is 5.91 Å². The lowest BCUT2D eigenvalue weighted by Gasteiger charge is -2.24. The Hall–Kier alpha value is -2.73. The Labute approximate surface area is 160 Å². The zero-order chi connectivity index (χ0) is 19.2. The summed E-state index contributed by atoms with van der Waals surface area (Å²) in [4.78, 5) is 16.7. The summed E-state index contributed by atoms with van der Waals surface area (Å²) in [7, 11) is 4.06. The fourth-order valence-corrected chi connectivity index (χ4v) is 3.13. The van der Waals surface area contributed by atoms with Gasteiger partial charge in [-0.1, -0.05) is 25.1 Å². The summed E-state index contributed by atoms with van der Waals surface area (Å²) in [5, 5.41) is 2.95. The Kier molecular flexibility index (Phi) is 6.19. The molecule has 0 aliphatic carbocycles. The minimum absolute atomic E-state index is 0.0455. The van der Waals surface area contributed by atoms with Crippen molar-refractivity contribution in [3.63, 3.8) is 0 Å². The number of nitrogens with one attached hydrogen (secondary N) is 1. The van der Waals surface area contributed by atoms with Crippen molar-refractivity contribution in [2.45, 2.75) is 13.5 Å². The summed E-state index contributed by atoms with van der Waals surface area (Å²) in [6, 6.07) is 13.7. The van der Waals surface area contributed by atoms with Gasteiger partial charge in [-0.2, -0.15) is 0 Å². The van der Waals surface area contributed by atoms with Gasteiger partial charge in [-0.05, 0) is 30.3 Å². The molecule has 0 spiro atoms. The Morgan fingerprint density at radius 3 is 2.56 bits per heavy atom. The van der Waals surface area contributed by atoms with Crippen LogP contribution in [0.2, 0.25) is 0 Å². The Bertz CT molecular complexity index is 792. The molecule has 1 N–H and O–H groups in total. The molecular weight excluding hydrogens is 342 g/mol. The van der Waals surface area contributed by atoms with Crippen LogP contribution in [0, 0.1) is 0 Å². The van der Waals surface area contributed by atoms with Crippen molar-refractivity contribution in [1.82, 2.24) is 4.90 Å². The lowest BCUT2D eigenvalue weighted by atomic mass is 10.1. The van der Waals surface area contributed by atoms with E-state index in [2.05, 4.69) is 34.2 Å². The second-order valence-corrected chi connectivity index (χ2v) is 6.73. The van der Waals surface area contributed by atoms with E-state index in [4.69, 9.17) is 9.47 Å². The van der Waals surface area contributed by atoms with Crippen molar-refractivity contribution in [2.75, 3.05) is 50.6 Å². The fourth-order valence-electron chi connectivity index (χ4n) is 3.13. The SMILES string of the molecule is CCN(CC(=O)Nc1ccc2c(c1)OCCO2)Cc1ccccc1N(C)C. The molecule has 1 heterocycles. The lowest BCUT2D eigenvalue weighted by molar-refractivity contribution is -0.117. The van der Waals surface area contributed by atoms with Crippen LogP contribution in [-0.4, -0.2) is 51.2 Å². The number of carbonyl (C=O) groups is 1. The van der Waals surface area contributed by atoms with Gasteiger partial charge < -0.3 is 19.7 Å². The molecule has 0 atom stereocenters. The van der Waals surface area contributed by atoms with Crippen LogP contribution < -0.4 is 19.7 Å². The van der Waals surface area contributed by atoms with Gasteiger partial charge in [0.15, 0.2) is 11.5 Å². The van der Waals surface area contributed by atoms with Crippen molar-refractivity contribution < 1.29 is 14.3 Å². The number of carbonyl (C=O) groups excluding carboxylic acids is 1. The number of ether oxygens (including phenoxy) is 2. The van der Waals surface area contributed by atoms with Crippen LogP contribution in [0.5, 0.6) is 11.5 Å². The van der Waals surface area contributed by atoms with Crippen molar-refractivity contribution >= 4 is 17.3 Å². The summed E-state index contributed by atoms with van der Waals surface area (Å²) < 4.78 is 11.1. The van der Waals surface area contributed by atoms with Crippen molar-refractivity contribution in [3.8, 4) is 11.5 Å². The first-order valence-corrected chi connectivity index (χ1v) is 9.24. The number of fused-ring (bicyclic) bond motifs is 1. The molecule has 3 rings (SSSR count). The largest absolute Gasteiger partial charge is 0.486 e. The van der Waals surface area contributed by atoms with E-state index in [0.29, 0.717) is 31.2 Å². The van der Waals surface area contributed by atoms with Gasteiger partial charge in [0.2, 0.25) is 5.91 Å². The first-order valence-electron chi connectivity index (χ1n) is 9.24. The highest BCUT2D eigenvalue weighted by molar-refractivity contribution is 5.92. The van der Waals surface area contributed by atoms with Crippen molar-refractivity contribution in [1.29, 1.82) is 0 Å². The summed E-state index contributed by atoms with van der Waals surface area (Å²) in [6.07, 6.45) is 0. The van der Waals surface area contributed by atoms with Crippen molar-refractivity contribution in [2.24, 2.45) is 0 Å². The molecule has 1 aliphatic heterocycles. The number of hydrogen-bond donors (Lipinski definition) is 1. The number of amides is 1. The smallest absolute Gasteiger partial charge is 0.238 e. The highest BCUT2D eigenvalue weighted by atomic mass is 16.6. The molecule has 6 nitrogen and oxygen atoms in total. The average molecular weight is 369 g/mol. The molecule has 0 fully saturated rings. The monoisotopic (exact) mass is 369 g/mol. The van der Waals surface area contributed by atoms with Crippen LogP contribution >= 0.6 is 0 Å². The van der Waals surface area contributed by atoms with Crippen LogP contribution in [0.3, 0.4) is 0 Å². The average Bonchev–Trinajstić information content (AvgIpc) is 2.67. The van der Waals surface area contributed by atoms with Gasteiger partial charge in [0.05, 0.1) is 6.54 Å². The highest BCUT2D eigenvalue weighted by Crippen LogP contribution is 2.32. The lowest BCUT2D eigenvalue weighted by Crippen LogP contribution is -2.33. The molecule has 144 valence electrons. The van der Waals surface area contributed by atoms with Crippen LogP contribution in [0.25, 0.3) is 0 Å². The van der Waals surface area contributed by atoms with Gasteiger partial charge in [0.25, 0.3) is 0 Å². The normalized spacial score (nSPS) is 12.7. The first-order chi connectivity index (χ1) is 13.1. The van der Waals surface area contributed by atoms with Gasteiger partial charge in [-0.3, -0.25) is 9.69 Å². The molecule has 6 heteroatoms. The maximum absolute atomic E-state index is 12.5. The molecule has 0 unspecified atom stereocenters. The molecule has 0 saturated heterocycles. The van der Waals surface area contributed by atoms with E-state index in [1.807, 2.05) is 44.4 Å². The summed E-state index contributed by atoms with van der Waals surface area (Å²) in [6.45, 7) is 4.98. The van der Waals surface area contributed by atoms with Crippen LogP contribution in [0.1, 0.15) is 12.5 Å². The Morgan fingerprint density at radius 1 is 1.07 bits per heavy atom. The summed E-state index contributed by atoms with van der Waals surface area (Å²) in [5.74, 6) is 1.34. The van der Waals surface area contributed by atoms with Gasteiger partial charge >= 0.3 is 0 Å². The van der Waals surface area contributed by atoms with Gasteiger partial charge in [-0.15, -0.1) is 0 Å². The van der Waals surface area contributed by atoms with Crippen LogP contribution in [0.4, 0.5) is 11.4 Å². The van der Waals surface area contributed by atoms with Crippen molar-refractivity contribution in [3.05, 3.63) is 48.0 Å². The minimum Gasteiger partial charge on any atom is -0.486 e. The number of anilines is 2. The molecule has 2 aromatic carbocycles. The standard InChI is InChI=1S/C21H27N3O3/c1-4-24(14-16-7-5-6-8-18(16)23(2)3)15-21(25)22-17-9-10-19-20(13-17)27-12-11-26-19/h5-10,13H,4,11-12,14-15H2,1-3H3,(H,22,25). The molecular formula is C21H27N3O3. The van der Waals surface area contributed by atoms with E-state index in [1.54, 1.807) is 0 Å². The second kappa shape index (κ2) is 8.77. The summed E-state index contributed by atoms with van der Waals surface area (Å²) in [5.41, 5.74) is 3.09. The minimum atomic E-state index is -0.0455. The van der Waals surface area contributed by atoms with Gasteiger partial charge in [0, 0.05) is 38.1 Å². The molecule has 1 amide bonds. The number of para-hydroxylation sites is 1. The predicted molar refractivity (Wildman–Crippen MR) is 108 cm³/mol. The number of benzene rings is 2. The molecule has 0 aromatic heterocycles. The zero-order valence-corrected chi connectivity index (χ0v) is 16.2. The van der Waals surface area contributed by atoms with E-state index in [9.17, 15) is 4.79 Å². The number of likely N-dealkylation sites (N-methyl/N-ethyl adjacent to an activating group) is 1. The van der Waals surface area contributed by atoms with E-state index in [0.717, 1.165) is 18.8 Å². The number of rotatable bonds is 7. The van der Waals surface area contributed by atoms with E-state index in [1.165, 1.54) is 11.3 Å². The first kappa shape index (κ1) is 19.0. The number of nitrogens with zero attached hydrogens (tertiary/aromatic N) is 2. The fraction of sp³-hybridized carbons (Fsp3) is 0.381. The second-order valence-electron chi connectivity index (χ2n) is 6.73. The third-order valence-corrected chi connectivity index (χ3v) is 4.51. The predicted octanol–water partition coefficient (Wildman–Crippen LogP) is 2.98. The molecule has 1 aliphatic rings. The molecule has 2 aromatic rings. The maximum Gasteiger partial charge on any atom is 0.238 e. The third kappa shape index (κ3) is 4.92.